The number of pyridine rings is 1. The van der Waals surface area contributed by atoms with Crippen molar-refractivity contribution in [1.29, 1.82) is 0 Å². The summed E-state index contributed by atoms with van der Waals surface area (Å²) in [4.78, 5) is 29.6. The highest BCUT2D eigenvalue weighted by atomic mass is 16.5. The average Bonchev–Trinajstić information content (AvgIpc) is 3.09. The molecule has 0 saturated carbocycles. The van der Waals surface area contributed by atoms with Gasteiger partial charge in [-0.3, -0.25) is 9.78 Å². The van der Waals surface area contributed by atoms with Crippen molar-refractivity contribution in [2.45, 2.75) is 72.1 Å². The Morgan fingerprint density at radius 1 is 1.12 bits per heavy atom. The molecule has 0 fully saturated rings. The molecule has 0 radical (unpaired) electrons. The van der Waals surface area contributed by atoms with Gasteiger partial charge in [0.15, 0.2) is 5.78 Å². The average molecular weight is 432 g/mol. The third-order valence-electron chi connectivity index (χ3n) is 7.02. The maximum absolute atomic E-state index is 12.4. The van der Waals surface area contributed by atoms with E-state index in [0.29, 0.717) is 18.6 Å². The van der Waals surface area contributed by atoms with Gasteiger partial charge in [-0.1, -0.05) is 56.9 Å². The topological polar surface area (TPSA) is 56.3 Å². The molecule has 1 aromatic heterocycles. The molecule has 1 aromatic carbocycles. The zero-order chi connectivity index (χ0) is 22.7. The molecule has 0 N–H and O–H groups in total. The summed E-state index contributed by atoms with van der Waals surface area (Å²) in [5.74, 6) is 0.647. The Kier molecular flexibility index (Phi) is 6.88. The lowest BCUT2D eigenvalue weighted by Crippen LogP contribution is -2.07. The van der Waals surface area contributed by atoms with Crippen molar-refractivity contribution in [2.75, 3.05) is 6.61 Å². The molecule has 2 aliphatic rings. The highest BCUT2D eigenvalue weighted by molar-refractivity contribution is 6.04. The number of hydrogen-bond donors (Lipinski definition) is 0. The van der Waals surface area contributed by atoms with E-state index in [2.05, 4.69) is 26.0 Å². The van der Waals surface area contributed by atoms with Gasteiger partial charge in [-0.05, 0) is 54.9 Å². The Balaban J connectivity index is 1.75. The standard InChI is InChI=1S/C28H33NO3/c1-4-18(5-2)8-7-9-19-14-20-10-11-22-23(12-13-26(22)30)27(20)24-16-21(28(31)32-6-3)17-29-25(24)15-19/h10-11,14,16-18H,4-9,12-13,15H2,1-3H3. The fraction of sp³-hybridized carbons (Fsp3) is 0.464. The van der Waals surface area contributed by atoms with Crippen LogP contribution in [-0.2, 0) is 17.6 Å². The smallest absolute Gasteiger partial charge is 0.339 e. The van der Waals surface area contributed by atoms with Crippen LogP contribution in [0.3, 0.4) is 0 Å². The van der Waals surface area contributed by atoms with E-state index in [1.54, 1.807) is 13.1 Å². The first kappa shape index (κ1) is 22.4. The molecule has 0 spiro atoms. The summed E-state index contributed by atoms with van der Waals surface area (Å²) in [5.41, 5.74) is 7.94. The van der Waals surface area contributed by atoms with Crippen LogP contribution in [0.5, 0.6) is 0 Å². The number of fused-ring (bicyclic) bond motifs is 5. The molecule has 2 aliphatic carbocycles. The first-order valence-electron chi connectivity index (χ1n) is 12.1. The first-order valence-corrected chi connectivity index (χ1v) is 12.1. The Bertz CT molecular complexity index is 1060. The molecule has 4 heteroatoms. The molecule has 0 aliphatic heterocycles. The molecule has 2 aromatic rings. The summed E-state index contributed by atoms with van der Waals surface area (Å²) in [7, 11) is 0. The van der Waals surface area contributed by atoms with Crippen molar-refractivity contribution >= 4 is 17.8 Å². The molecule has 0 unspecified atom stereocenters. The summed E-state index contributed by atoms with van der Waals surface area (Å²) in [5, 5.41) is 0. The lowest BCUT2D eigenvalue weighted by Gasteiger charge is -2.14. The van der Waals surface area contributed by atoms with Crippen molar-refractivity contribution < 1.29 is 14.3 Å². The zero-order valence-corrected chi connectivity index (χ0v) is 19.5. The molecule has 32 heavy (non-hydrogen) atoms. The third kappa shape index (κ3) is 4.41. The van der Waals surface area contributed by atoms with Crippen molar-refractivity contribution in [3.05, 3.63) is 57.9 Å². The van der Waals surface area contributed by atoms with E-state index in [-0.39, 0.29) is 11.8 Å². The highest BCUT2D eigenvalue weighted by Gasteiger charge is 2.28. The zero-order valence-electron chi connectivity index (χ0n) is 19.5. The normalized spacial score (nSPS) is 14.5. The van der Waals surface area contributed by atoms with Gasteiger partial charge in [0.2, 0.25) is 0 Å². The number of esters is 1. The number of ketones is 1. The van der Waals surface area contributed by atoms with Crippen LogP contribution in [0.2, 0.25) is 0 Å². The predicted octanol–water partition coefficient (Wildman–Crippen LogP) is 6.60. The Hall–Kier alpha value is -2.75. The van der Waals surface area contributed by atoms with Gasteiger partial charge < -0.3 is 4.74 Å². The minimum atomic E-state index is -0.351. The van der Waals surface area contributed by atoms with Gasteiger partial charge in [-0.2, -0.15) is 0 Å². The lowest BCUT2D eigenvalue weighted by molar-refractivity contribution is 0.0525. The maximum atomic E-state index is 12.4. The van der Waals surface area contributed by atoms with Gasteiger partial charge in [-0.15, -0.1) is 0 Å². The van der Waals surface area contributed by atoms with Gasteiger partial charge in [0, 0.05) is 30.2 Å². The number of nitrogens with zero attached hydrogens (tertiary/aromatic N) is 1. The molecule has 4 rings (SSSR count). The van der Waals surface area contributed by atoms with Crippen molar-refractivity contribution in [2.24, 2.45) is 5.92 Å². The Morgan fingerprint density at radius 3 is 2.69 bits per heavy atom. The Labute approximate surface area is 191 Å². The number of ether oxygens (including phenoxy) is 1. The van der Waals surface area contributed by atoms with Crippen LogP contribution in [0.15, 0.2) is 30.0 Å². The number of hydrogen-bond acceptors (Lipinski definition) is 4. The SMILES string of the molecule is CCOC(=O)c1cnc2c(c1)-c1c(ccc3c1CCC3=O)C=C(CCCC(CC)CC)C2. The summed E-state index contributed by atoms with van der Waals surface area (Å²) >= 11 is 0. The van der Waals surface area contributed by atoms with Gasteiger partial charge in [0.25, 0.3) is 0 Å². The molecular weight excluding hydrogens is 398 g/mol. The van der Waals surface area contributed by atoms with E-state index in [4.69, 9.17) is 9.72 Å². The molecule has 1 heterocycles. The van der Waals surface area contributed by atoms with Crippen LogP contribution in [0.25, 0.3) is 17.2 Å². The van der Waals surface area contributed by atoms with Gasteiger partial charge in [0.1, 0.15) is 0 Å². The van der Waals surface area contributed by atoms with Gasteiger partial charge in [0.05, 0.1) is 17.9 Å². The second-order valence-corrected chi connectivity index (χ2v) is 8.97. The second kappa shape index (κ2) is 9.81. The fourth-order valence-electron chi connectivity index (χ4n) is 5.14. The van der Waals surface area contributed by atoms with Crippen LogP contribution in [-0.4, -0.2) is 23.3 Å². The summed E-state index contributed by atoms with van der Waals surface area (Å²) in [6, 6.07) is 5.98. The highest BCUT2D eigenvalue weighted by Crippen LogP contribution is 2.41. The van der Waals surface area contributed by atoms with Crippen LogP contribution in [0, 0.1) is 5.92 Å². The summed E-state index contributed by atoms with van der Waals surface area (Å²) in [6.45, 7) is 6.69. The van der Waals surface area contributed by atoms with Crippen molar-refractivity contribution in [1.82, 2.24) is 4.98 Å². The third-order valence-corrected chi connectivity index (χ3v) is 7.02. The monoisotopic (exact) mass is 431 g/mol. The summed E-state index contributed by atoms with van der Waals surface area (Å²) < 4.78 is 5.22. The Morgan fingerprint density at radius 2 is 1.94 bits per heavy atom. The quantitative estimate of drug-likeness (QED) is 0.442. The van der Waals surface area contributed by atoms with Crippen molar-refractivity contribution in [3.63, 3.8) is 0 Å². The van der Waals surface area contributed by atoms with E-state index < -0.39 is 0 Å². The molecule has 0 amide bonds. The van der Waals surface area contributed by atoms with Crippen LogP contribution < -0.4 is 0 Å². The van der Waals surface area contributed by atoms with Gasteiger partial charge >= 0.3 is 5.97 Å². The fourth-order valence-corrected chi connectivity index (χ4v) is 5.14. The number of benzene rings is 1. The van der Waals surface area contributed by atoms with Crippen LogP contribution in [0.4, 0.5) is 0 Å². The molecule has 0 bridgehead atoms. The van der Waals surface area contributed by atoms with Crippen LogP contribution >= 0.6 is 0 Å². The number of allylic oxidation sites excluding steroid dienone is 1. The molecular formula is C28H33NO3. The van der Waals surface area contributed by atoms with E-state index >= 15 is 0 Å². The number of carbonyl (C=O) groups is 2. The van der Waals surface area contributed by atoms with E-state index in [1.165, 1.54) is 31.3 Å². The maximum Gasteiger partial charge on any atom is 0.339 e. The first-order chi connectivity index (χ1) is 15.5. The number of carbonyl (C=O) groups excluding carboxylic acids is 2. The molecule has 4 nitrogen and oxygen atoms in total. The largest absolute Gasteiger partial charge is 0.462 e. The lowest BCUT2D eigenvalue weighted by atomic mass is 9.91. The van der Waals surface area contributed by atoms with Crippen molar-refractivity contribution in [3.8, 4) is 11.1 Å². The van der Waals surface area contributed by atoms with E-state index in [9.17, 15) is 9.59 Å². The van der Waals surface area contributed by atoms with E-state index in [1.807, 2.05) is 12.1 Å². The summed E-state index contributed by atoms with van der Waals surface area (Å²) in [6.07, 6.45) is 12.0. The minimum Gasteiger partial charge on any atom is -0.462 e. The second-order valence-electron chi connectivity index (χ2n) is 8.97. The van der Waals surface area contributed by atoms with Gasteiger partial charge in [-0.25, -0.2) is 4.79 Å². The molecule has 168 valence electrons. The van der Waals surface area contributed by atoms with E-state index in [0.717, 1.165) is 58.7 Å². The number of Topliss-reactive ketones (excluding diaryl/α,β-unsaturated/α-hetero) is 1. The molecule has 0 saturated heterocycles. The minimum absolute atomic E-state index is 0.206. The predicted molar refractivity (Wildman–Crippen MR) is 128 cm³/mol. The number of rotatable bonds is 8. The van der Waals surface area contributed by atoms with Crippen LogP contribution in [0.1, 0.15) is 96.8 Å². The number of aromatic nitrogens is 1. The molecule has 0 atom stereocenters.